The molecule has 1 aromatic heterocycles. The maximum Gasteiger partial charge on any atom is 0.161 e. The molecule has 3 rings (SSSR count). The highest BCUT2D eigenvalue weighted by molar-refractivity contribution is 6.35. The third-order valence-corrected chi connectivity index (χ3v) is 4.64. The summed E-state index contributed by atoms with van der Waals surface area (Å²) in [5.41, 5.74) is 1.78. The molecule has 0 aliphatic heterocycles. The third kappa shape index (κ3) is 4.91. The number of rotatable bonds is 8. The summed E-state index contributed by atoms with van der Waals surface area (Å²) in [6.07, 6.45) is 2.84. The molecule has 2 aromatic carbocycles. The molecule has 142 valence electrons. The van der Waals surface area contributed by atoms with E-state index in [2.05, 4.69) is 10.1 Å². The van der Waals surface area contributed by atoms with E-state index in [1.54, 1.807) is 37.4 Å². The van der Waals surface area contributed by atoms with Crippen LogP contribution in [0.2, 0.25) is 10.0 Å². The first-order valence-electron chi connectivity index (χ1n) is 8.20. The molecule has 27 heavy (non-hydrogen) atoms. The van der Waals surface area contributed by atoms with Crippen LogP contribution in [0.25, 0.3) is 0 Å². The number of hydrogen-bond donors (Lipinski definition) is 0. The second-order valence-electron chi connectivity index (χ2n) is 5.77. The Labute approximate surface area is 167 Å². The van der Waals surface area contributed by atoms with Crippen LogP contribution < -0.4 is 9.47 Å². The van der Waals surface area contributed by atoms with Crippen molar-refractivity contribution in [2.24, 2.45) is 0 Å². The quantitative estimate of drug-likeness (QED) is 0.547. The standard InChI is InChI=1S/C19H19Cl2N3O3/c1-25-17-6-4-13(7-18(17)26-2)19(9-24-12-22-11-23-24)27-10-14-3-5-15(20)8-16(14)21/h3-8,11-12,19H,9-10H2,1-2H3. The van der Waals surface area contributed by atoms with Crippen LogP contribution in [0.1, 0.15) is 17.2 Å². The van der Waals surface area contributed by atoms with Crippen molar-refractivity contribution in [1.29, 1.82) is 0 Å². The first kappa shape index (κ1) is 19.5. The predicted octanol–water partition coefficient (Wildman–Crippen LogP) is 4.56. The maximum absolute atomic E-state index is 6.26. The summed E-state index contributed by atoms with van der Waals surface area (Å²) in [6.45, 7) is 0.810. The lowest BCUT2D eigenvalue weighted by Crippen LogP contribution is -2.14. The number of nitrogens with zero attached hydrogens (tertiary/aromatic N) is 3. The molecule has 0 spiro atoms. The van der Waals surface area contributed by atoms with Gasteiger partial charge in [0.25, 0.3) is 0 Å². The molecule has 1 heterocycles. The van der Waals surface area contributed by atoms with E-state index >= 15 is 0 Å². The smallest absolute Gasteiger partial charge is 0.161 e. The number of benzene rings is 2. The summed E-state index contributed by atoms with van der Waals surface area (Å²) < 4.78 is 18.6. The minimum Gasteiger partial charge on any atom is -0.493 e. The minimum atomic E-state index is -0.293. The summed E-state index contributed by atoms with van der Waals surface area (Å²) in [4.78, 5) is 3.99. The topological polar surface area (TPSA) is 58.4 Å². The second kappa shape index (κ2) is 9.08. The van der Waals surface area contributed by atoms with Gasteiger partial charge in [-0.05, 0) is 35.4 Å². The minimum absolute atomic E-state index is 0.293. The van der Waals surface area contributed by atoms with Gasteiger partial charge < -0.3 is 14.2 Å². The van der Waals surface area contributed by atoms with Crippen LogP contribution >= 0.6 is 23.2 Å². The van der Waals surface area contributed by atoms with Gasteiger partial charge in [-0.3, -0.25) is 4.68 Å². The van der Waals surface area contributed by atoms with E-state index in [-0.39, 0.29) is 6.10 Å². The Morgan fingerprint density at radius 1 is 1.04 bits per heavy atom. The van der Waals surface area contributed by atoms with E-state index in [4.69, 9.17) is 37.4 Å². The molecule has 0 aliphatic rings. The molecule has 8 heteroatoms. The fraction of sp³-hybridized carbons (Fsp3) is 0.263. The lowest BCUT2D eigenvalue weighted by atomic mass is 10.1. The van der Waals surface area contributed by atoms with Gasteiger partial charge in [0.2, 0.25) is 0 Å². The van der Waals surface area contributed by atoms with E-state index in [0.29, 0.717) is 34.7 Å². The van der Waals surface area contributed by atoms with Crippen molar-refractivity contribution in [3.05, 3.63) is 70.2 Å². The van der Waals surface area contributed by atoms with Crippen LogP contribution in [0.3, 0.4) is 0 Å². The highest BCUT2D eigenvalue weighted by atomic mass is 35.5. The molecule has 0 saturated heterocycles. The monoisotopic (exact) mass is 407 g/mol. The summed E-state index contributed by atoms with van der Waals surface area (Å²) >= 11 is 12.2. The van der Waals surface area contributed by atoms with Gasteiger partial charge >= 0.3 is 0 Å². The Balaban J connectivity index is 1.84. The molecule has 0 aliphatic carbocycles. The SMILES string of the molecule is COc1ccc(C(Cn2cncn2)OCc2ccc(Cl)cc2Cl)cc1OC. The highest BCUT2D eigenvalue weighted by Gasteiger charge is 2.17. The normalized spacial score (nSPS) is 12.0. The third-order valence-electron chi connectivity index (χ3n) is 4.05. The Morgan fingerprint density at radius 2 is 1.85 bits per heavy atom. The summed E-state index contributed by atoms with van der Waals surface area (Å²) in [5, 5.41) is 5.32. The molecule has 6 nitrogen and oxygen atoms in total. The van der Waals surface area contributed by atoms with E-state index < -0.39 is 0 Å². The zero-order valence-electron chi connectivity index (χ0n) is 14.9. The molecular formula is C19H19Cl2N3O3. The van der Waals surface area contributed by atoms with Crippen molar-refractivity contribution in [1.82, 2.24) is 14.8 Å². The molecule has 0 saturated carbocycles. The van der Waals surface area contributed by atoms with E-state index in [0.717, 1.165) is 11.1 Å². The van der Waals surface area contributed by atoms with Gasteiger partial charge in [-0.15, -0.1) is 0 Å². The Kier molecular flexibility index (Phi) is 6.55. The lowest BCUT2D eigenvalue weighted by Gasteiger charge is -2.20. The first-order chi connectivity index (χ1) is 13.1. The molecule has 0 bridgehead atoms. The Bertz CT molecular complexity index is 888. The Morgan fingerprint density at radius 3 is 2.52 bits per heavy atom. The summed E-state index contributed by atoms with van der Waals surface area (Å²) in [7, 11) is 3.20. The van der Waals surface area contributed by atoms with Gasteiger partial charge in [-0.2, -0.15) is 5.10 Å². The van der Waals surface area contributed by atoms with Crippen molar-refractivity contribution < 1.29 is 14.2 Å². The second-order valence-corrected chi connectivity index (χ2v) is 6.61. The Hall–Kier alpha value is -2.28. The average Bonchev–Trinajstić information content (AvgIpc) is 3.19. The van der Waals surface area contributed by atoms with Crippen LogP contribution in [0.5, 0.6) is 11.5 Å². The fourth-order valence-corrected chi connectivity index (χ4v) is 3.10. The summed E-state index contributed by atoms with van der Waals surface area (Å²) in [6, 6.07) is 11.0. The van der Waals surface area contributed by atoms with Crippen LogP contribution in [-0.4, -0.2) is 29.0 Å². The highest BCUT2D eigenvalue weighted by Crippen LogP contribution is 2.32. The number of methoxy groups -OCH3 is 2. The van der Waals surface area contributed by atoms with Crippen LogP contribution in [0.4, 0.5) is 0 Å². The van der Waals surface area contributed by atoms with Crippen molar-refractivity contribution >= 4 is 23.2 Å². The van der Waals surface area contributed by atoms with Gasteiger partial charge in [0.15, 0.2) is 11.5 Å². The van der Waals surface area contributed by atoms with Crippen molar-refractivity contribution in [2.75, 3.05) is 14.2 Å². The zero-order valence-corrected chi connectivity index (χ0v) is 16.4. The predicted molar refractivity (Wildman–Crippen MR) is 104 cm³/mol. The number of ether oxygens (including phenoxy) is 3. The fourth-order valence-electron chi connectivity index (χ4n) is 2.63. The van der Waals surface area contributed by atoms with E-state index in [1.165, 1.54) is 6.33 Å². The van der Waals surface area contributed by atoms with Crippen molar-refractivity contribution in [2.45, 2.75) is 19.3 Å². The van der Waals surface area contributed by atoms with E-state index in [1.807, 2.05) is 24.3 Å². The molecular weight excluding hydrogens is 389 g/mol. The van der Waals surface area contributed by atoms with Gasteiger partial charge in [0.1, 0.15) is 18.8 Å². The number of aromatic nitrogens is 3. The molecule has 0 radical (unpaired) electrons. The number of hydrogen-bond acceptors (Lipinski definition) is 5. The molecule has 3 aromatic rings. The summed E-state index contributed by atoms with van der Waals surface area (Å²) in [5.74, 6) is 1.29. The van der Waals surface area contributed by atoms with Crippen molar-refractivity contribution in [3.8, 4) is 11.5 Å². The number of halogens is 2. The van der Waals surface area contributed by atoms with Crippen LogP contribution in [-0.2, 0) is 17.9 Å². The lowest BCUT2D eigenvalue weighted by molar-refractivity contribution is 0.0255. The van der Waals surface area contributed by atoms with Gasteiger partial charge in [0, 0.05) is 10.0 Å². The largest absolute Gasteiger partial charge is 0.493 e. The molecule has 0 fully saturated rings. The van der Waals surface area contributed by atoms with E-state index in [9.17, 15) is 0 Å². The molecule has 1 atom stereocenters. The maximum atomic E-state index is 6.26. The van der Waals surface area contributed by atoms with Crippen molar-refractivity contribution in [3.63, 3.8) is 0 Å². The van der Waals surface area contributed by atoms with Gasteiger partial charge in [-0.25, -0.2) is 4.98 Å². The van der Waals surface area contributed by atoms with Gasteiger partial charge in [0.05, 0.1) is 27.4 Å². The molecule has 0 amide bonds. The molecule has 0 N–H and O–H groups in total. The van der Waals surface area contributed by atoms with Gasteiger partial charge in [-0.1, -0.05) is 35.3 Å². The first-order valence-corrected chi connectivity index (χ1v) is 8.96. The zero-order chi connectivity index (χ0) is 19.2. The molecule has 1 unspecified atom stereocenters. The van der Waals surface area contributed by atoms with Crippen LogP contribution in [0, 0.1) is 0 Å². The van der Waals surface area contributed by atoms with Crippen LogP contribution in [0.15, 0.2) is 49.1 Å². The average molecular weight is 408 g/mol.